The molecule has 81 heavy (non-hydrogen) atoms. The standard InChI is InChI=1S/C81H162/c1-2-3-4-5-6-7-8-9-10-11-12-13-14-15-16-17-18-19-20-21-22-23-24-25-26-27-28-29-30-31-32-33-34-35-36-37-38-39-40-41-42-43-44-45-46-47-48-49-50-51-52-53-54-55-56-57-58-59-60-61-62-63-64-65-66-67-68-69-70-71-72-73-75-78-81-79-76-74-77-80-81/h81H,2-80H2,1H3. The highest BCUT2D eigenvalue weighted by Gasteiger charge is 2.12. The Balaban J connectivity index is 1.58. The molecule has 0 spiro atoms. The van der Waals surface area contributed by atoms with Gasteiger partial charge in [-0.2, -0.15) is 0 Å². The van der Waals surface area contributed by atoms with Crippen molar-refractivity contribution in [2.75, 3.05) is 0 Å². The van der Waals surface area contributed by atoms with Gasteiger partial charge >= 0.3 is 0 Å². The van der Waals surface area contributed by atoms with Crippen LogP contribution < -0.4 is 0 Å². The molecule has 1 aliphatic carbocycles. The summed E-state index contributed by atoms with van der Waals surface area (Å²) in [5.74, 6) is 1.10. The van der Waals surface area contributed by atoms with E-state index in [4.69, 9.17) is 0 Å². The fraction of sp³-hybridized carbons (Fsp3) is 1.00. The van der Waals surface area contributed by atoms with E-state index in [0.717, 1.165) is 5.92 Å². The third kappa shape index (κ3) is 70.7. The molecule has 0 aromatic carbocycles. The van der Waals surface area contributed by atoms with Crippen molar-refractivity contribution in [3.63, 3.8) is 0 Å². The first-order chi connectivity index (χ1) is 40.4. The maximum atomic E-state index is 2.32. The molecule has 0 saturated heterocycles. The van der Waals surface area contributed by atoms with Crippen molar-refractivity contribution in [2.24, 2.45) is 5.92 Å². The molecule has 0 amide bonds. The lowest BCUT2D eigenvalue weighted by Gasteiger charge is -2.21. The first-order valence-electron chi connectivity index (χ1n) is 40.4. The average molecular weight is 1140 g/mol. The molecule has 0 atom stereocenters. The highest BCUT2D eigenvalue weighted by molar-refractivity contribution is 4.66. The molecule has 0 aliphatic heterocycles. The van der Waals surface area contributed by atoms with E-state index >= 15 is 0 Å². The van der Waals surface area contributed by atoms with Crippen LogP contribution in [0.3, 0.4) is 0 Å². The minimum atomic E-state index is 1.10. The Kier molecular flexibility index (Phi) is 72.4. The van der Waals surface area contributed by atoms with Crippen molar-refractivity contribution in [3.8, 4) is 0 Å². The molecule has 0 radical (unpaired) electrons. The number of rotatable bonds is 74. The molecule has 0 bridgehead atoms. The summed E-state index contributed by atoms with van der Waals surface area (Å²) in [6.07, 6.45) is 118. The fourth-order valence-corrected chi connectivity index (χ4v) is 14.5. The van der Waals surface area contributed by atoms with Crippen LogP contribution in [-0.4, -0.2) is 0 Å². The number of hydrogen-bond donors (Lipinski definition) is 0. The van der Waals surface area contributed by atoms with Crippen LogP contribution in [-0.2, 0) is 0 Å². The highest BCUT2D eigenvalue weighted by atomic mass is 14.2. The van der Waals surface area contributed by atoms with E-state index in [-0.39, 0.29) is 0 Å². The van der Waals surface area contributed by atoms with E-state index in [2.05, 4.69) is 6.92 Å². The molecule has 1 saturated carbocycles. The maximum Gasteiger partial charge on any atom is -0.0414 e. The molecule has 486 valence electrons. The van der Waals surface area contributed by atoms with Gasteiger partial charge in [-0.25, -0.2) is 0 Å². The predicted molar refractivity (Wildman–Crippen MR) is 374 cm³/mol. The first-order valence-corrected chi connectivity index (χ1v) is 40.4. The number of hydrogen-bond acceptors (Lipinski definition) is 0. The van der Waals surface area contributed by atoms with Crippen LogP contribution in [0.4, 0.5) is 0 Å². The van der Waals surface area contributed by atoms with Gasteiger partial charge in [-0.05, 0) is 5.92 Å². The van der Waals surface area contributed by atoms with Crippen molar-refractivity contribution < 1.29 is 0 Å². The summed E-state index contributed by atoms with van der Waals surface area (Å²) in [6.45, 7) is 2.32. The minimum absolute atomic E-state index is 1.10. The second kappa shape index (κ2) is 74.3. The summed E-state index contributed by atoms with van der Waals surface area (Å²) in [5.41, 5.74) is 0. The molecule has 0 aromatic heterocycles. The van der Waals surface area contributed by atoms with Crippen LogP contribution in [0.1, 0.15) is 514 Å². The van der Waals surface area contributed by atoms with Gasteiger partial charge in [-0.3, -0.25) is 0 Å². The van der Waals surface area contributed by atoms with Gasteiger partial charge in [0.25, 0.3) is 0 Å². The van der Waals surface area contributed by atoms with E-state index < -0.39 is 0 Å². The Bertz CT molecular complexity index is 1040. The molecule has 0 heterocycles. The largest absolute Gasteiger partial charge is 0.0654 e. The van der Waals surface area contributed by atoms with Crippen LogP contribution in [0.5, 0.6) is 0 Å². The second-order valence-corrected chi connectivity index (χ2v) is 28.7. The maximum absolute atomic E-state index is 2.32. The zero-order chi connectivity index (χ0) is 57.4. The molecule has 0 unspecified atom stereocenters. The first kappa shape index (κ1) is 79.0. The van der Waals surface area contributed by atoms with E-state index in [9.17, 15) is 0 Å². The van der Waals surface area contributed by atoms with Gasteiger partial charge in [0.1, 0.15) is 0 Å². The van der Waals surface area contributed by atoms with Gasteiger partial charge < -0.3 is 0 Å². The van der Waals surface area contributed by atoms with E-state index in [1.54, 1.807) is 19.3 Å². The molecule has 0 aromatic rings. The van der Waals surface area contributed by atoms with Gasteiger partial charge in [0, 0.05) is 0 Å². The Morgan fingerprint density at radius 1 is 0.136 bits per heavy atom. The van der Waals surface area contributed by atoms with Crippen LogP contribution in [0.25, 0.3) is 0 Å². The van der Waals surface area contributed by atoms with Crippen LogP contribution in [0.2, 0.25) is 0 Å². The third-order valence-electron chi connectivity index (χ3n) is 20.4. The Morgan fingerprint density at radius 2 is 0.247 bits per heavy atom. The zero-order valence-electron chi connectivity index (χ0n) is 57.4. The topological polar surface area (TPSA) is 0 Å². The van der Waals surface area contributed by atoms with E-state index in [1.165, 1.54) is 488 Å². The van der Waals surface area contributed by atoms with Gasteiger partial charge in [0.05, 0.1) is 0 Å². The third-order valence-corrected chi connectivity index (χ3v) is 20.4. The second-order valence-electron chi connectivity index (χ2n) is 28.7. The van der Waals surface area contributed by atoms with Crippen LogP contribution >= 0.6 is 0 Å². The normalized spacial score (nSPS) is 13.1. The summed E-state index contributed by atoms with van der Waals surface area (Å²) in [5, 5.41) is 0. The molecular weight excluding hydrogens is 973 g/mol. The Labute approximate surface area is 517 Å². The minimum Gasteiger partial charge on any atom is -0.0654 e. The molecule has 0 N–H and O–H groups in total. The zero-order valence-corrected chi connectivity index (χ0v) is 57.4. The van der Waals surface area contributed by atoms with Gasteiger partial charge in [-0.1, -0.05) is 514 Å². The number of unbranched alkanes of at least 4 members (excludes halogenated alkanes) is 72. The molecule has 1 fully saturated rings. The molecule has 1 aliphatic rings. The van der Waals surface area contributed by atoms with Gasteiger partial charge in [0.15, 0.2) is 0 Å². The van der Waals surface area contributed by atoms with Crippen molar-refractivity contribution in [1.29, 1.82) is 0 Å². The monoisotopic (exact) mass is 1140 g/mol. The molecular formula is C81H162. The molecule has 1 rings (SSSR count). The smallest absolute Gasteiger partial charge is 0.0414 e. The van der Waals surface area contributed by atoms with Crippen LogP contribution in [0, 0.1) is 5.92 Å². The predicted octanol–water partition coefficient (Wildman–Crippen LogP) is 31.5. The van der Waals surface area contributed by atoms with Gasteiger partial charge in [0.2, 0.25) is 0 Å². The fourth-order valence-electron chi connectivity index (χ4n) is 14.5. The van der Waals surface area contributed by atoms with E-state index in [1.807, 2.05) is 0 Å². The summed E-state index contributed by atoms with van der Waals surface area (Å²) in [4.78, 5) is 0. The Hall–Kier alpha value is 0. The molecule has 0 heteroatoms. The van der Waals surface area contributed by atoms with Crippen molar-refractivity contribution in [3.05, 3.63) is 0 Å². The summed E-state index contributed by atoms with van der Waals surface area (Å²) in [7, 11) is 0. The van der Waals surface area contributed by atoms with Crippen molar-refractivity contribution in [1.82, 2.24) is 0 Å². The summed E-state index contributed by atoms with van der Waals surface area (Å²) in [6, 6.07) is 0. The lowest BCUT2D eigenvalue weighted by atomic mass is 9.85. The Morgan fingerprint density at radius 3 is 0.370 bits per heavy atom. The van der Waals surface area contributed by atoms with Gasteiger partial charge in [-0.15, -0.1) is 0 Å². The van der Waals surface area contributed by atoms with Crippen LogP contribution in [0.15, 0.2) is 0 Å². The molecule has 0 nitrogen and oxygen atoms in total. The quantitative estimate of drug-likeness (QED) is 0.0533. The lowest BCUT2D eigenvalue weighted by Crippen LogP contribution is -2.05. The SMILES string of the molecule is CCCCCCCCCCCCCCCCCCCCCCCCCCCCCCCCCCCCCCCCCCCCCCCCCCCCCCCCCCCCCCCCCCCCCCCCCCCC1CCCCC1. The lowest BCUT2D eigenvalue weighted by molar-refractivity contribution is 0.328. The average Bonchev–Trinajstić information content (AvgIpc) is 3.48. The van der Waals surface area contributed by atoms with Crippen molar-refractivity contribution >= 4 is 0 Å². The highest BCUT2D eigenvalue weighted by Crippen LogP contribution is 2.29. The summed E-state index contributed by atoms with van der Waals surface area (Å²) >= 11 is 0. The summed E-state index contributed by atoms with van der Waals surface area (Å²) < 4.78 is 0. The van der Waals surface area contributed by atoms with Crippen molar-refractivity contribution in [2.45, 2.75) is 514 Å². The van der Waals surface area contributed by atoms with E-state index in [0.29, 0.717) is 0 Å².